The minimum atomic E-state index is -0.124. The summed E-state index contributed by atoms with van der Waals surface area (Å²) in [7, 11) is 1.43. The van der Waals surface area contributed by atoms with Crippen molar-refractivity contribution in [2.75, 3.05) is 26.7 Å². The third-order valence-corrected chi connectivity index (χ3v) is 3.20. The number of hydrogen-bond acceptors (Lipinski definition) is 3. The number of nitrogens with zero attached hydrogens (tertiary/aromatic N) is 1. The van der Waals surface area contributed by atoms with E-state index in [-0.39, 0.29) is 29.9 Å². The zero-order valence-corrected chi connectivity index (χ0v) is 16.8. The lowest BCUT2D eigenvalue weighted by Crippen LogP contribution is -2.37. The molecule has 0 saturated heterocycles. The van der Waals surface area contributed by atoms with Crippen LogP contribution in [0.25, 0.3) is 0 Å². The van der Waals surface area contributed by atoms with Crippen LogP contribution in [0.3, 0.4) is 0 Å². The Bertz CT molecular complexity index is 287. The molecule has 0 atom stereocenters. The predicted octanol–water partition coefficient (Wildman–Crippen LogP) is 3.47. The number of esters is 1. The molecule has 0 aliphatic rings. The van der Waals surface area contributed by atoms with Gasteiger partial charge in [0.2, 0.25) is 0 Å². The van der Waals surface area contributed by atoms with Crippen molar-refractivity contribution in [3.8, 4) is 0 Å². The molecule has 0 saturated carbocycles. The summed E-state index contributed by atoms with van der Waals surface area (Å²) in [5, 5.41) is 6.62. The van der Waals surface area contributed by atoms with Crippen LogP contribution in [0.5, 0.6) is 0 Å². The van der Waals surface area contributed by atoms with Crippen molar-refractivity contribution >= 4 is 35.9 Å². The number of nitrogens with one attached hydrogen (secondary N) is 2. The van der Waals surface area contributed by atoms with Gasteiger partial charge in [-0.15, -0.1) is 24.0 Å². The summed E-state index contributed by atoms with van der Waals surface area (Å²) in [6, 6.07) is 0. The van der Waals surface area contributed by atoms with E-state index in [0.29, 0.717) is 6.42 Å². The number of hydrogen-bond donors (Lipinski definition) is 2. The van der Waals surface area contributed by atoms with E-state index in [1.54, 1.807) is 0 Å². The fraction of sp³-hybridized carbons (Fsp3) is 0.875. The van der Waals surface area contributed by atoms with Crippen LogP contribution in [0.2, 0.25) is 0 Å². The molecule has 6 heteroatoms. The number of unbranched alkanes of at least 4 members (excludes halogenated alkanes) is 5. The quantitative estimate of drug-likeness (QED) is 0.165. The Morgan fingerprint density at radius 1 is 1.00 bits per heavy atom. The third-order valence-electron chi connectivity index (χ3n) is 3.20. The van der Waals surface area contributed by atoms with Crippen molar-refractivity contribution in [3.63, 3.8) is 0 Å². The lowest BCUT2D eigenvalue weighted by Gasteiger charge is -2.11. The lowest BCUT2D eigenvalue weighted by molar-refractivity contribution is -0.140. The van der Waals surface area contributed by atoms with Crippen LogP contribution in [-0.2, 0) is 9.53 Å². The van der Waals surface area contributed by atoms with Crippen LogP contribution < -0.4 is 10.6 Å². The topological polar surface area (TPSA) is 62.7 Å². The first-order valence-electron chi connectivity index (χ1n) is 8.33. The second-order valence-electron chi connectivity index (χ2n) is 5.13. The summed E-state index contributed by atoms with van der Waals surface area (Å²) in [5.74, 6) is 0.780. The number of carbonyl (C=O) groups excluding carboxylic acids is 1. The average molecular weight is 427 g/mol. The second kappa shape index (κ2) is 18.5. The number of rotatable bonds is 12. The minimum Gasteiger partial charge on any atom is -0.469 e. The molecule has 132 valence electrons. The molecular formula is C16H34IN3O2. The molecule has 0 aromatic rings. The van der Waals surface area contributed by atoms with Crippen LogP contribution in [-0.4, -0.2) is 38.7 Å². The lowest BCUT2D eigenvalue weighted by atomic mass is 10.2. The highest BCUT2D eigenvalue weighted by molar-refractivity contribution is 14.0. The van der Waals surface area contributed by atoms with Gasteiger partial charge in [-0.3, -0.25) is 9.79 Å². The second-order valence-corrected chi connectivity index (χ2v) is 5.13. The highest BCUT2D eigenvalue weighted by Crippen LogP contribution is 2.01. The van der Waals surface area contributed by atoms with E-state index < -0.39 is 0 Å². The molecule has 5 nitrogen and oxygen atoms in total. The number of aliphatic imine (C=N–C) groups is 1. The van der Waals surface area contributed by atoms with Gasteiger partial charge in [0.05, 0.1) is 7.11 Å². The number of ether oxygens (including phenoxy) is 1. The number of carbonyl (C=O) groups is 1. The fourth-order valence-electron chi connectivity index (χ4n) is 1.95. The van der Waals surface area contributed by atoms with Crippen LogP contribution in [0.1, 0.15) is 65.2 Å². The molecule has 0 aromatic heterocycles. The van der Waals surface area contributed by atoms with E-state index in [1.807, 2.05) is 0 Å². The van der Waals surface area contributed by atoms with E-state index in [0.717, 1.165) is 44.9 Å². The summed E-state index contributed by atoms with van der Waals surface area (Å²) in [5.41, 5.74) is 0. The van der Waals surface area contributed by atoms with Crippen molar-refractivity contribution in [3.05, 3.63) is 0 Å². The predicted molar refractivity (Wildman–Crippen MR) is 104 cm³/mol. The number of halogens is 1. The minimum absolute atomic E-state index is 0. The van der Waals surface area contributed by atoms with Gasteiger partial charge in [0, 0.05) is 26.1 Å². The van der Waals surface area contributed by atoms with Crippen LogP contribution in [0.4, 0.5) is 0 Å². The summed E-state index contributed by atoms with van der Waals surface area (Å²) in [6.07, 6.45) is 8.43. The largest absolute Gasteiger partial charge is 0.469 e. The Morgan fingerprint density at radius 2 is 1.73 bits per heavy atom. The highest BCUT2D eigenvalue weighted by atomic mass is 127. The first kappa shape index (κ1) is 23.7. The van der Waals surface area contributed by atoms with Crippen LogP contribution in [0, 0.1) is 0 Å². The van der Waals surface area contributed by atoms with Crippen LogP contribution in [0.15, 0.2) is 4.99 Å². The van der Waals surface area contributed by atoms with Gasteiger partial charge in [-0.05, 0) is 26.2 Å². The highest BCUT2D eigenvalue weighted by Gasteiger charge is 1.99. The van der Waals surface area contributed by atoms with Gasteiger partial charge in [0.25, 0.3) is 0 Å². The molecular weight excluding hydrogens is 393 g/mol. The molecule has 0 fully saturated rings. The maximum atomic E-state index is 11.0. The van der Waals surface area contributed by atoms with Crippen molar-refractivity contribution in [2.45, 2.75) is 65.2 Å². The van der Waals surface area contributed by atoms with Crippen LogP contribution >= 0.6 is 24.0 Å². The maximum Gasteiger partial charge on any atom is 0.305 e. The third kappa shape index (κ3) is 15.9. The van der Waals surface area contributed by atoms with E-state index >= 15 is 0 Å². The van der Waals surface area contributed by atoms with Gasteiger partial charge >= 0.3 is 5.97 Å². The molecule has 0 bridgehead atoms. The van der Waals surface area contributed by atoms with E-state index in [4.69, 9.17) is 0 Å². The van der Waals surface area contributed by atoms with Gasteiger partial charge in [-0.1, -0.05) is 32.6 Å². The van der Waals surface area contributed by atoms with Gasteiger partial charge in [-0.2, -0.15) is 0 Å². The standard InChI is InChI=1S/C16H33N3O2.HI/c1-4-6-7-10-13-18-16(17-5-2)19-14-11-8-9-12-15(20)21-3;/h4-14H2,1-3H3,(H2,17,18,19);1H. The molecule has 0 heterocycles. The van der Waals surface area contributed by atoms with E-state index in [9.17, 15) is 4.79 Å². The summed E-state index contributed by atoms with van der Waals surface area (Å²) in [6.45, 7) is 6.95. The van der Waals surface area contributed by atoms with Gasteiger partial charge in [-0.25, -0.2) is 0 Å². The molecule has 0 aromatic carbocycles. The SMILES string of the molecule is CCCCCCNC(=NCCCCCC(=O)OC)NCC.I. The normalized spacial score (nSPS) is 10.8. The Balaban J connectivity index is 0. The van der Waals surface area contributed by atoms with Gasteiger partial charge < -0.3 is 15.4 Å². The average Bonchev–Trinajstić information content (AvgIpc) is 2.49. The van der Waals surface area contributed by atoms with Crippen molar-refractivity contribution in [2.24, 2.45) is 4.99 Å². The molecule has 0 aliphatic heterocycles. The van der Waals surface area contributed by atoms with Crippen molar-refractivity contribution in [1.29, 1.82) is 0 Å². The molecule has 0 amide bonds. The monoisotopic (exact) mass is 427 g/mol. The summed E-state index contributed by atoms with van der Waals surface area (Å²) in [4.78, 5) is 15.5. The smallest absolute Gasteiger partial charge is 0.305 e. The molecule has 0 rings (SSSR count). The van der Waals surface area contributed by atoms with E-state index in [2.05, 4.69) is 34.2 Å². The Labute approximate surface area is 153 Å². The number of methoxy groups -OCH3 is 1. The zero-order valence-electron chi connectivity index (χ0n) is 14.5. The first-order valence-corrected chi connectivity index (χ1v) is 8.33. The van der Waals surface area contributed by atoms with Crippen molar-refractivity contribution in [1.82, 2.24) is 10.6 Å². The Kier molecular flexibility index (Phi) is 20.0. The van der Waals surface area contributed by atoms with Gasteiger partial charge in [0.1, 0.15) is 0 Å². The molecule has 0 aliphatic carbocycles. The zero-order chi connectivity index (χ0) is 15.8. The summed E-state index contributed by atoms with van der Waals surface area (Å²) < 4.78 is 4.61. The van der Waals surface area contributed by atoms with Gasteiger partial charge in [0.15, 0.2) is 5.96 Å². The van der Waals surface area contributed by atoms with E-state index in [1.165, 1.54) is 32.8 Å². The number of guanidine groups is 1. The molecule has 22 heavy (non-hydrogen) atoms. The maximum absolute atomic E-state index is 11.0. The molecule has 2 N–H and O–H groups in total. The summed E-state index contributed by atoms with van der Waals surface area (Å²) >= 11 is 0. The Morgan fingerprint density at radius 3 is 2.36 bits per heavy atom. The molecule has 0 unspecified atom stereocenters. The first-order chi connectivity index (χ1) is 10.2. The van der Waals surface area contributed by atoms with Crippen molar-refractivity contribution < 1.29 is 9.53 Å². The molecule has 0 spiro atoms. The fourth-order valence-corrected chi connectivity index (χ4v) is 1.95. The molecule has 0 radical (unpaired) electrons. The Hall–Kier alpha value is -0.530.